The molecule has 3 aromatic rings. The maximum absolute atomic E-state index is 11.8. The maximum Gasteiger partial charge on any atom is 0.272 e. The highest BCUT2D eigenvalue weighted by Gasteiger charge is 2.08. The third kappa shape index (κ3) is 2.10. The SMILES string of the molecule is CC(N)c1ccc(-c2n[nH]c(=O)c3ccccc23)cc1. The fourth-order valence-electron chi connectivity index (χ4n) is 2.28. The number of nitrogens with zero attached hydrogens (tertiary/aromatic N) is 1. The third-order valence-corrected chi connectivity index (χ3v) is 3.41. The summed E-state index contributed by atoms with van der Waals surface area (Å²) in [5.41, 5.74) is 8.49. The van der Waals surface area contributed by atoms with Crippen LogP contribution in [0.2, 0.25) is 0 Å². The predicted octanol–water partition coefficient (Wildman–Crippen LogP) is 2.61. The molecule has 0 saturated heterocycles. The van der Waals surface area contributed by atoms with Crippen LogP contribution in [0.5, 0.6) is 0 Å². The average molecular weight is 265 g/mol. The topological polar surface area (TPSA) is 71.8 Å². The number of nitrogens with one attached hydrogen (secondary N) is 1. The maximum atomic E-state index is 11.8. The quantitative estimate of drug-likeness (QED) is 0.748. The number of fused-ring (bicyclic) bond motifs is 1. The number of H-pyrrole nitrogens is 1. The minimum absolute atomic E-state index is 0.00401. The number of rotatable bonds is 2. The van der Waals surface area contributed by atoms with Crippen LogP contribution in [-0.4, -0.2) is 10.2 Å². The molecule has 0 saturated carbocycles. The molecule has 4 heteroatoms. The molecule has 0 amide bonds. The Morgan fingerprint density at radius 2 is 1.70 bits per heavy atom. The summed E-state index contributed by atoms with van der Waals surface area (Å²) in [4.78, 5) is 11.8. The molecule has 100 valence electrons. The zero-order valence-electron chi connectivity index (χ0n) is 11.1. The summed E-state index contributed by atoms with van der Waals surface area (Å²) in [6, 6.07) is 15.4. The highest BCUT2D eigenvalue weighted by molar-refractivity contribution is 5.93. The summed E-state index contributed by atoms with van der Waals surface area (Å²) in [6.45, 7) is 1.95. The van der Waals surface area contributed by atoms with Gasteiger partial charge in [-0.2, -0.15) is 5.10 Å². The van der Waals surface area contributed by atoms with Gasteiger partial charge >= 0.3 is 0 Å². The van der Waals surface area contributed by atoms with Crippen molar-refractivity contribution in [3.8, 4) is 11.3 Å². The first-order chi connectivity index (χ1) is 9.66. The van der Waals surface area contributed by atoms with Gasteiger partial charge in [0, 0.05) is 17.0 Å². The van der Waals surface area contributed by atoms with Gasteiger partial charge in [0.25, 0.3) is 5.56 Å². The molecule has 20 heavy (non-hydrogen) atoms. The van der Waals surface area contributed by atoms with Crippen molar-refractivity contribution in [3.05, 3.63) is 64.4 Å². The molecule has 0 spiro atoms. The molecule has 1 atom stereocenters. The highest BCUT2D eigenvalue weighted by atomic mass is 16.1. The Morgan fingerprint density at radius 3 is 2.35 bits per heavy atom. The van der Waals surface area contributed by atoms with Crippen molar-refractivity contribution in [2.75, 3.05) is 0 Å². The first kappa shape index (κ1) is 12.6. The molecule has 0 aliphatic rings. The second kappa shape index (κ2) is 4.90. The van der Waals surface area contributed by atoms with Gasteiger partial charge in [-0.05, 0) is 18.6 Å². The summed E-state index contributed by atoms with van der Waals surface area (Å²) in [7, 11) is 0. The third-order valence-electron chi connectivity index (χ3n) is 3.41. The molecule has 1 heterocycles. The minimum Gasteiger partial charge on any atom is -0.324 e. The van der Waals surface area contributed by atoms with Crippen LogP contribution < -0.4 is 11.3 Å². The van der Waals surface area contributed by atoms with E-state index in [1.165, 1.54) is 0 Å². The van der Waals surface area contributed by atoms with Crippen LogP contribution >= 0.6 is 0 Å². The van der Waals surface area contributed by atoms with Crippen LogP contribution in [0.4, 0.5) is 0 Å². The molecule has 1 aromatic heterocycles. The molecular formula is C16H15N3O. The van der Waals surface area contributed by atoms with E-state index in [9.17, 15) is 4.79 Å². The molecule has 0 bridgehead atoms. The first-order valence-corrected chi connectivity index (χ1v) is 6.50. The van der Waals surface area contributed by atoms with E-state index in [2.05, 4.69) is 10.2 Å². The molecule has 4 nitrogen and oxygen atoms in total. The molecule has 0 aliphatic carbocycles. The van der Waals surface area contributed by atoms with Crippen LogP contribution in [0.25, 0.3) is 22.0 Å². The van der Waals surface area contributed by atoms with Crippen molar-refractivity contribution in [1.29, 1.82) is 0 Å². The number of nitrogens with two attached hydrogens (primary N) is 1. The van der Waals surface area contributed by atoms with E-state index >= 15 is 0 Å². The summed E-state index contributed by atoms with van der Waals surface area (Å²) >= 11 is 0. The Morgan fingerprint density at radius 1 is 1.05 bits per heavy atom. The zero-order valence-corrected chi connectivity index (χ0v) is 11.1. The lowest BCUT2D eigenvalue weighted by Gasteiger charge is -2.08. The smallest absolute Gasteiger partial charge is 0.272 e. The van der Waals surface area contributed by atoms with Crippen LogP contribution in [0, 0.1) is 0 Å². The summed E-state index contributed by atoms with van der Waals surface area (Å²) in [5.74, 6) is 0. The fraction of sp³-hybridized carbons (Fsp3) is 0.125. The Labute approximate surface area is 116 Å². The predicted molar refractivity (Wildman–Crippen MR) is 80.4 cm³/mol. The number of aromatic amines is 1. The molecule has 3 N–H and O–H groups in total. The van der Waals surface area contributed by atoms with Gasteiger partial charge in [-0.1, -0.05) is 42.5 Å². The standard InChI is InChI=1S/C16H15N3O/c1-10(17)11-6-8-12(9-7-11)15-13-4-2-3-5-14(13)16(20)19-18-15/h2-10H,17H2,1H3,(H,19,20). The molecule has 0 aliphatic heterocycles. The molecule has 3 rings (SSSR count). The van der Waals surface area contributed by atoms with E-state index < -0.39 is 0 Å². The van der Waals surface area contributed by atoms with Gasteiger partial charge < -0.3 is 5.73 Å². The van der Waals surface area contributed by atoms with Crippen LogP contribution in [-0.2, 0) is 0 Å². The Balaban J connectivity index is 2.20. The molecule has 2 aromatic carbocycles. The molecule has 0 fully saturated rings. The van der Waals surface area contributed by atoms with Gasteiger partial charge in [-0.3, -0.25) is 4.79 Å². The Kier molecular flexibility index (Phi) is 3.08. The van der Waals surface area contributed by atoms with Gasteiger partial charge in [0.1, 0.15) is 0 Å². The first-order valence-electron chi connectivity index (χ1n) is 6.50. The van der Waals surface area contributed by atoms with Crippen LogP contribution in [0.1, 0.15) is 18.5 Å². The lowest BCUT2D eigenvalue weighted by atomic mass is 10.0. The summed E-state index contributed by atoms with van der Waals surface area (Å²) in [6.07, 6.45) is 0. The van der Waals surface area contributed by atoms with E-state index in [-0.39, 0.29) is 11.6 Å². The van der Waals surface area contributed by atoms with Gasteiger partial charge in [-0.25, -0.2) is 5.10 Å². The number of hydrogen-bond donors (Lipinski definition) is 2. The van der Waals surface area contributed by atoms with Crippen molar-refractivity contribution in [3.63, 3.8) is 0 Å². The summed E-state index contributed by atoms with van der Waals surface area (Å²) in [5, 5.41) is 8.23. The monoisotopic (exact) mass is 265 g/mol. The Bertz CT molecular complexity index is 804. The van der Waals surface area contributed by atoms with E-state index in [0.717, 1.165) is 22.2 Å². The zero-order chi connectivity index (χ0) is 14.1. The van der Waals surface area contributed by atoms with Crippen molar-refractivity contribution < 1.29 is 0 Å². The summed E-state index contributed by atoms with van der Waals surface area (Å²) < 4.78 is 0. The number of aromatic nitrogens is 2. The number of benzene rings is 2. The van der Waals surface area contributed by atoms with Gasteiger partial charge in [0.2, 0.25) is 0 Å². The van der Waals surface area contributed by atoms with Crippen molar-refractivity contribution in [2.24, 2.45) is 5.73 Å². The minimum atomic E-state index is -0.170. The van der Waals surface area contributed by atoms with Gasteiger partial charge in [0.05, 0.1) is 11.1 Å². The molecule has 0 radical (unpaired) electrons. The highest BCUT2D eigenvalue weighted by Crippen LogP contribution is 2.25. The molecular weight excluding hydrogens is 250 g/mol. The lowest BCUT2D eigenvalue weighted by molar-refractivity contribution is 0.818. The fourth-order valence-corrected chi connectivity index (χ4v) is 2.28. The second-order valence-electron chi connectivity index (χ2n) is 4.86. The van der Waals surface area contributed by atoms with E-state index in [0.29, 0.717) is 5.39 Å². The largest absolute Gasteiger partial charge is 0.324 e. The molecule has 1 unspecified atom stereocenters. The van der Waals surface area contributed by atoms with E-state index in [1.807, 2.05) is 49.4 Å². The number of hydrogen-bond acceptors (Lipinski definition) is 3. The Hall–Kier alpha value is -2.46. The van der Waals surface area contributed by atoms with Crippen molar-refractivity contribution >= 4 is 10.8 Å². The normalized spacial score (nSPS) is 12.5. The van der Waals surface area contributed by atoms with E-state index in [1.54, 1.807) is 6.07 Å². The average Bonchev–Trinajstić information content (AvgIpc) is 2.48. The van der Waals surface area contributed by atoms with Gasteiger partial charge in [0.15, 0.2) is 0 Å². The lowest BCUT2D eigenvalue weighted by Crippen LogP contribution is -2.09. The van der Waals surface area contributed by atoms with Crippen molar-refractivity contribution in [2.45, 2.75) is 13.0 Å². The van der Waals surface area contributed by atoms with Crippen LogP contribution in [0.15, 0.2) is 53.3 Å². The van der Waals surface area contributed by atoms with Gasteiger partial charge in [-0.15, -0.1) is 0 Å². The van der Waals surface area contributed by atoms with Crippen LogP contribution in [0.3, 0.4) is 0 Å². The second-order valence-corrected chi connectivity index (χ2v) is 4.86. The van der Waals surface area contributed by atoms with Crippen molar-refractivity contribution in [1.82, 2.24) is 10.2 Å². The van der Waals surface area contributed by atoms with E-state index in [4.69, 9.17) is 5.73 Å².